The Kier molecular flexibility index (Phi) is 2.20. The predicted molar refractivity (Wildman–Crippen MR) is 48.4 cm³/mol. The van der Waals surface area contributed by atoms with Gasteiger partial charge in [-0.25, -0.2) is 4.79 Å². The molecule has 2 unspecified atom stereocenters. The molecule has 1 N–H and O–H groups in total. The third-order valence-corrected chi connectivity index (χ3v) is 2.96. The van der Waals surface area contributed by atoms with Gasteiger partial charge in [-0.15, -0.1) is 0 Å². The van der Waals surface area contributed by atoms with E-state index in [9.17, 15) is 4.79 Å². The molecule has 2 aliphatic carbocycles. The van der Waals surface area contributed by atoms with Crippen LogP contribution in [0.5, 0.6) is 0 Å². The second-order valence-corrected chi connectivity index (χ2v) is 3.79. The minimum Gasteiger partial charge on any atom is -0.323 e. The molecule has 0 saturated heterocycles. The van der Waals surface area contributed by atoms with Gasteiger partial charge < -0.3 is 5.32 Å². The van der Waals surface area contributed by atoms with Crippen molar-refractivity contribution in [3.8, 4) is 0 Å². The average Bonchev–Trinajstić information content (AvgIpc) is 2.74. The van der Waals surface area contributed by atoms with E-state index >= 15 is 0 Å². The molecule has 4 heteroatoms. The maximum Gasteiger partial charge on any atom is 0.433 e. The fraction of sp³-hybridized carbons (Fsp3) is 0.778. The summed E-state index contributed by atoms with van der Waals surface area (Å²) < 4.78 is 0. The molecule has 0 heterocycles. The standard InChI is InChI=1S/C9H14N2O2/c1-10-9(12)13-11-8-5-6-2-3-7(8)4-6/h6-7H,2-5H2,1H3,(H,10,12)/b11-8+. The molecule has 2 aliphatic rings. The van der Waals surface area contributed by atoms with Gasteiger partial charge in [0.1, 0.15) is 0 Å². The molecule has 2 bridgehead atoms. The Morgan fingerprint density at radius 1 is 1.62 bits per heavy atom. The summed E-state index contributed by atoms with van der Waals surface area (Å²) in [6, 6.07) is 0. The first-order valence-corrected chi connectivity index (χ1v) is 4.75. The molecular formula is C9H14N2O2. The van der Waals surface area contributed by atoms with Crippen LogP contribution in [0.1, 0.15) is 25.7 Å². The topological polar surface area (TPSA) is 50.7 Å². The number of fused-ring (bicyclic) bond motifs is 2. The average molecular weight is 182 g/mol. The summed E-state index contributed by atoms with van der Waals surface area (Å²) in [4.78, 5) is 15.4. The van der Waals surface area contributed by atoms with Crippen molar-refractivity contribution in [2.24, 2.45) is 17.0 Å². The van der Waals surface area contributed by atoms with Crippen molar-refractivity contribution in [1.82, 2.24) is 5.32 Å². The van der Waals surface area contributed by atoms with Crippen molar-refractivity contribution >= 4 is 11.8 Å². The molecular weight excluding hydrogens is 168 g/mol. The molecule has 2 atom stereocenters. The summed E-state index contributed by atoms with van der Waals surface area (Å²) in [5, 5.41) is 6.25. The number of amides is 1. The lowest BCUT2D eigenvalue weighted by molar-refractivity contribution is 0.152. The van der Waals surface area contributed by atoms with Crippen LogP contribution in [0, 0.1) is 11.8 Å². The predicted octanol–water partition coefficient (Wildman–Crippen LogP) is 1.52. The summed E-state index contributed by atoms with van der Waals surface area (Å²) in [6.07, 6.45) is 4.34. The van der Waals surface area contributed by atoms with Crippen molar-refractivity contribution in [2.75, 3.05) is 7.05 Å². The molecule has 2 rings (SSSR count). The van der Waals surface area contributed by atoms with Gasteiger partial charge in [0.2, 0.25) is 0 Å². The fourth-order valence-corrected chi connectivity index (χ4v) is 2.28. The quantitative estimate of drug-likeness (QED) is 0.493. The van der Waals surface area contributed by atoms with E-state index in [4.69, 9.17) is 0 Å². The third kappa shape index (κ3) is 1.66. The maximum absolute atomic E-state index is 10.7. The van der Waals surface area contributed by atoms with Gasteiger partial charge in [-0.1, -0.05) is 5.16 Å². The molecule has 13 heavy (non-hydrogen) atoms. The van der Waals surface area contributed by atoms with Crippen LogP contribution in [0.2, 0.25) is 0 Å². The minimum absolute atomic E-state index is 0.477. The molecule has 0 spiro atoms. The number of rotatable bonds is 1. The third-order valence-electron chi connectivity index (χ3n) is 2.96. The van der Waals surface area contributed by atoms with Gasteiger partial charge in [-0.05, 0) is 31.6 Å². The zero-order chi connectivity index (χ0) is 9.26. The molecule has 72 valence electrons. The van der Waals surface area contributed by atoms with Crippen molar-refractivity contribution < 1.29 is 9.63 Å². The number of oxime groups is 1. The van der Waals surface area contributed by atoms with Crippen LogP contribution in [0.3, 0.4) is 0 Å². The van der Waals surface area contributed by atoms with Gasteiger partial charge in [0, 0.05) is 13.0 Å². The fourth-order valence-electron chi connectivity index (χ4n) is 2.28. The van der Waals surface area contributed by atoms with Gasteiger partial charge in [-0.3, -0.25) is 4.84 Å². The molecule has 0 aromatic rings. The Morgan fingerprint density at radius 2 is 2.46 bits per heavy atom. The first-order valence-electron chi connectivity index (χ1n) is 4.75. The van der Waals surface area contributed by atoms with Crippen molar-refractivity contribution in [2.45, 2.75) is 25.7 Å². The molecule has 1 amide bonds. The Bertz CT molecular complexity index is 250. The van der Waals surface area contributed by atoms with Crippen LogP contribution in [-0.4, -0.2) is 18.9 Å². The summed E-state index contributed by atoms with van der Waals surface area (Å²) in [5.41, 5.74) is 1.08. The Labute approximate surface area is 77.3 Å². The molecule has 0 aliphatic heterocycles. The largest absolute Gasteiger partial charge is 0.433 e. The number of carbonyl (C=O) groups is 1. The van der Waals surface area contributed by atoms with E-state index in [1.165, 1.54) is 26.3 Å². The highest BCUT2D eigenvalue weighted by Crippen LogP contribution is 2.42. The van der Waals surface area contributed by atoms with Gasteiger partial charge in [0.25, 0.3) is 0 Å². The Hall–Kier alpha value is -1.06. The van der Waals surface area contributed by atoms with Crippen LogP contribution in [-0.2, 0) is 4.84 Å². The highest BCUT2D eigenvalue weighted by molar-refractivity contribution is 5.89. The first-order chi connectivity index (χ1) is 6.29. The summed E-state index contributed by atoms with van der Waals surface area (Å²) >= 11 is 0. The first kappa shape index (κ1) is 8.53. The van der Waals surface area contributed by atoms with Gasteiger partial charge in [0.05, 0.1) is 5.71 Å². The highest BCUT2D eigenvalue weighted by Gasteiger charge is 2.37. The van der Waals surface area contributed by atoms with Gasteiger partial charge >= 0.3 is 6.09 Å². The highest BCUT2D eigenvalue weighted by atomic mass is 16.7. The van der Waals surface area contributed by atoms with E-state index in [1.54, 1.807) is 0 Å². The van der Waals surface area contributed by atoms with Crippen LogP contribution in [0.4, 0.5) is 4.79 Å². The number of carbonyl (C=O) groups excluding carboxylic acids is 1. The minimum atomic E-state index is -0.477. The van der Waals surface area contributed by atoms with E-state index in [2.05, 4.69) is 15.3 Å². The second-order valence-electron chi connectivity index (χ2n) is 3.79. The lowest BCUT2D eigenvalue weighted by Crippen LogP contribution is -2.18. The summed E-state index contributed by atoms with van der Waals surface area (Å²) in [5.74, 6) is 1.40. The molecule has 2 saturated carbocycles. The summed E-state index contributed by atoms with van der Waals surface area (Å²) in [7, 11) is 1.53. The number of nitrogens with zero attached hydrogens (tertiary/aromatic N) is 1. The lowest BCUT2D eigenvalue weighted by atomic mass is 9.99. The zero-order valence-corrected chi connectivity index (χ0v) is 7.75. The molecule has 2 fully saturated rings. The van der Waals surface area contributed by atoms with Crippen molar-refractivity contribution in [3.05, 3.63) is 0 Å². The lowest BCUT2D eigenvalue weighted by Gasteiger charge is -2.10. The van der Waals surface area contributed by atoms with Gasteiger partial charge in [-0.2, -0.15) is 0 Å². The normalized spacial score (nSPS) is 33.8. The monoisotopic (exact) mass is 182 g/mol. The SMILES string of the molecule is CNC(=O)O/N=C1\CC2CCC1C2. The smallest absolute Gasteiger partial charge is 0.323 e. The molecule has 0 aromatic heterocycles. The molecule has 0 radical (unpaired) electrons. The van der Waals surface area contributed by atoms with E-state index in [0.29, 0.717) is 5.92 Å². The van der Waals surface area contributed by atoms with Crippen LogP contribution >= 0.6 is 0 Å². The van der Waals surface area contributed by atoms with Crippen LogP contribution < -0.4 is 5.32 Å². The Balaban J connectivity index is 1.91. The number of hydrogen-bond acceptors (Lipinski definition) is 3. The van der Waals surface area contributed by atoms with E-state index in [1.807, 2.05) is 0 Å². The van der Waals surface area contributed by atoms with E-state index in [-0.39, 0.29) is 0 Å². The van der Waals surface area contributed by atoms with Gasteiger partial charge in [0.15, 0.2) is 0 Å². The zero-order valence-electron chi connectivity index (χ0n) is 7.75. The molecule has 4 nitrogen and oxygen atoms in total. The Morgan fingerprint density at radius 3 is 3.00 bits per heavy atom. The maximum atomic E-state index is 10.7. The van der Waals surface area contributed by atoms with Crippen LogP contribution in [0.15, 0.2) is 5.16 Å². The van der Waals surface area contributed by atoms with Crippen molar-refractivity contribution in [1.29, 1.82) is 0 Å². The van der Waals surface area contributed by atoms with E-state index in [0.717, 1.165) is 18.1 Å². The number of nitrogens with one attached hydrogen (secondary N) is 1. The number of hydrogen-bond donors (Lipinski definition) is 1. The van der Waals surface area contributed by atoms with E-state index < -0.39 is 6.09 Å². The molecule has 0 aromatic carbocycles. The van der Waals surface area contributed by atoms with Crippen molar-refractivity contribution in [3.63, 3.8) is 0 Å². The van der Waals surface area contributed by atoms with Crippen LogP contribution in [0.25, 0.3) is 0 Å². The summed E-state index contributed by atoms with van der Waals surface area (Å²) in [6.45, 7) is 0. The second kappa shape index (κ2) is 3.36.